The van der Waals surface area contributed by atoms with Gasteiger partial charge in [0, 0.05) is 49.6 Å². The molecule has 2 aliphatic rings. The van der Waals surface area contributed by atoms with Crippen LogP contribution in [0.4, 0.5) is 17.1 Å². The summed E-state index contributed by atoms with van der Waals surface area (Å²) in [5.74, 6) is -0.465. The fourth-order valence-electron chi connectivity index (χ4n) is 4.26. The molecule has 2 heterocycles. The summed E-state index contributed by atoms with van der Waals surface area (Å²) in [7, 11) is 0. The molecule has 0 unspecified atom stereocenters. The van der Waals surface area contributed by atoms with Gasteiger partial charge in [0.05, 0.1) is 16.2 Å². The number of hydrogen-bond acceptors (Lipinski definition) is 5. The summed E-state index contributed by atoms with van der Waals surface area (Å²) in [6, 6.07) is 11.3. The Hall–Kier alpha value is -3.42. The number of nitrogens with zero attached hydrogens (tertiary/aromatic N) is 3. The molecule has 1 N–H and O–H groups in total. The molecular formula is C23H26N4O4. The first-order valence-corrected chi connectivity index (χ1v) is 10.8. The number of carbonyl (C=O) groups excluding carboxylic acids is 2. The van der Waals surface area contributed by atoms with Crippen molar-refractivity contribution in [3.63, 3.8) is 0 Å². The predicted molar refractivity (Wildman–Crippen MR) is 119 cm³/mol. The van der Waals surface area contributed by atoms with Gasteiger partial charge in [0.25, 0.3) is 17.5 Å². The fourth-order valence-corrected chi connectivity index (χ4v) is 4.26. The molecule has 8 nitrogen and oxygen atoms in total. The van der Waals surface area contributed by atoms with Crippen LogP contribution in [-0.4, -0.2) is 47.8 Å². The highest BCUT2D eigenvalue weighted by molar-refractivity contribution is 6.09. The third-order valence-corrected chi connectivity index (χ3v) is 5.89. The molecule has 2 fully saturated rings. The van der Waals surface area contributed by atoms with Crippen LogP contribution in [0.3, 0.4) is 0 Å². The minimum atomic E-state index is -0.494. The number of nitro benzene ring substituents is 1. The van der Waals surface area contributed by atoms with E-state index in [9.17, 15) is 19.7 Å². The topological polar surface area (TPSA) is 95.8 Å². The van der Waals surface area contributed by atoms with Gasteiger partial charge in [0.1, 0.15) is 0 Å². The zero-order valence-electron chi connectivity index (χ0n) is 17.4. The van der Waals surface area contributed by atoms with Crippen molar-refractivity contribution in [1.82, 2.24) is 4.90 Å². The second-order valence-electron chi connectivity index (χ2n) is 8.04. The molecule has 2 saturated heterocycles. The molecule has 0 radical (unpaired) electrons. The zero-order valence-corrected chi connectivity index (χ0v) is 17.4. The molecule has 2 aliphatic heterocycles. The van der Waals surface area contributed by atoms with Crippen molar-refractivity contribution in [3.8, 4) is 0 Å². The maximum Gasteiger partial charge on any atom is 0.270 e. The van der Waals surface area contributed by atoms with Crippen LogP contribution in [-0.2, 0) is 0 Å². The lowest BCUT2D eigenvalue weighted by Crippen LogP contribution is -2.31. The van der Waals surface area contributed by atoms with E-state index in [4.69, 9.17) is 0 Å². The number of piperidine rings is 1. The van der Waals surface area contributed by atoms with Gasteiger partial charge in [-0.05, 0) is 56.4 Å². The van der Waals surface area contributed by atoms with E-state index >= 15 is 0 Å². The van der Waals surface area contributed by atoms with Gasteiger partial charge in [-0.3, -0.25) is 19.7 Å². The summed E-state index contributed by atoms with van der Waals surface area (Å²) in [6.07, 6.45) is 5.21. The van der Waals surface area contributed by atoms with Gasteiger partial charge in [-0.2, -0.15) is 0 Å². The highest BCUT2D eigenvalue weighted by atomic mass is 16.6. The van der Waals surface area contributed by atoms with E-state index in [1.165, 1.54) is 12.1 Å². The smallest absolute Gasteiger partial charge is 0.270 e. The van der Waals surface area contributed by atoms with Gasteiger partial charge in [-0.1, -0.05) is 6.07 Å². The van der Waals surface area contributed by atoms with Crippen LogP contribution in [0.15, 0.2) is 42.5 Å². The Kier molecular flexibility index (Phi) is 6.16. The van der Waals surface area contributed by atoms with Gasteiger partial charge in [-0.25, -0.2) is 0 Å². The minimum absolute atomic E-state index is 0.0436. The second kappa shape index (κ2) is 9.16. The summed E-state index contributed by atoms with van der Waals surface area (Å²) in [5.41, 5.74) is 1.87. The van der Waals surface area contributed by atoms with Crippen LogP contribution in [0.2, 0.25) is 0 Å². The van der Waals surface area contributed by atoms with Crippen LogP contribution in [0.25, 0.3) is 0 Å². The lowest BCUT2D eigenvalue weighted by Gasteiger charge is -2.30. The first-order chi connectivity index (χ1) is 15.0. The summed E-state index contributed by atoms with van der Waals surface area (Å²) < 4.78 is 0. The first kappa shape index (κ1) is 20.8. The zero-order chi connectivity index (χ0) is 21.8. The molecule has 4 rings (SSSR count). The molecular weight excluding hydrogens is 396 g/mol. The van der Waals surface area contributed by atoms with E-state index in [1.807, 2.05) is 4.90 Å². The number of benzene rings is 2. The third-order valence-electron chi connectivity index (χ3n) is 5.89. The van der Waals surface area contributed by atoms with Gasteiger partial charge in [0.2, 0.25) is 0 Å². The monoisotopic (exact) mass is 422 g/mol. The first-order valence-electron chi connectivity index (χ1n) is 10.8. The third kappa shape index (κ3) is 4.68. The number of rotatable bonds is 5. The maximum absolute atomic E-state index is 13.1. The molecule has 0 bridgehead atoms. The number of anilines is 2. The second-order valence-corrected chi connectivity index (χ2v) is 8.04. The molecule has 2 amide bonds. The van der Waals surface area contributed by atoms with Gasteiger partial charge < -0.3 is 15.1 Å². The molecule has 162 valence electrons. The summed E-state index contributed by atoms with van der Waals surface area (Å²) in [4.78, 5) is 40.5. The Bertz CT molecular complexity index is 995. The Morgan fingerprint density at radius 1 is 0.903 bits per heavy atom. The molecule has 0 atom stereocenters. The van der Waals surface area contributed by atoms with Crippen molar-refractivity contribution in [2.45, 2.75) is 32.1 Å². The van der Waals surface area contributed by atoms with Gasteiger partial charge in [-0.15, -0.1) is 0 Å². The van der Waals surface area contributed by atoms with E-state index in [0.717, 1.165) is 58.3 Å². The highest BCUT2D eigenvalue weighted by Gasteiger charge is 2.23. The van der Waals surface area contributed by atoms with E-state index in [1.54, 1.807) is 30.3 Å². The number of nitro groups is 1. The molecule has 0 aromatic heterocycles. The van der Waals surface area contributed by atoms with Crippen LogP contribution >= 0.6 is 0 Å². The molecule has 31 heavy (non-hydrogen) atoms. The summed E-state index contributed by atoms with van der Waals surface area (Å²) >= 11 is 0. The van der Waals surface area contributed by atoms with Crippen molar-refractivity contribution >= 4 is 28.9 Å². The van der Waals surface area contributed by atoms with Crippen molar-refractivity contribution < 1.29 is 14.5 Å². The van der Waals surface area contributed by atoms with Crippen molar-refractivity contribution in [3.05, 3.63) is 63.7 Å². The number of likely N-dealkylation sites (tertiary alicyclic amines) is 1. The quantitative estimate of drug-likeness (QED) is 0.579. The Balaban J connectivity index is 1.59. The number of non-ortho nitro benzene ring substituents is 1. The van der Waals surface area contributed by atoms with E-state index in [2.05, 4.69) is 10.2 Å². The van der Waals surface area contributed by atoms with E-state index in [-0.39, 0.29) is 17.2 Å². The standard InChI is InChI=1S/C23H26N4O4/c28-22(24-18-8-6-7-17(15-18)23(29)26-13-4-5-14-26)20-16-19(27(30)31)9-10-21(20)25-11-2-1-3-12-25/h6-10,15-16H,1-5,11-14H2,(H,24,28). The SMILES string of the molecule is O=C(Nc1cccc(C(=O)N2CCCC2)c1)c1cc([N+](=O)[O-])ccc1N1CCCCC1. The Morgan fingerprint density at radius 2 is 1.61 bits per heavy atom. The maximum atomic E-state index is 13.1. The van der Waals surface area contributed by atoms with Gasteiger partial charge >= 0.3 is 0 Å². The molecule has 0 spiro atoms. The molecule has 8 heteroatoms. The van der Waals surface area contributed by atoms with Gasteiger partial charge in [0.15, 0.2) is 0 Å². The molecule has 0 saturated carbocycles. The minimum Gasteiger partial charge on any atom is -0.371 e. The van der Waals surface area contributed by atoms with Crippen LogP contribution in [0.5, 0.6) is 0 Å². The predicted octanol–water partition coefficient (Wildman–Crippen LogP) is 4.07. The number of hydrogen-bond donors (Lipinski definition) is 1. The van der Waals surface area contributed by atoms with E-state index in [0.29, 0.717) is 16.9 Å². The van der Waals surface area contributed by atoms with Crippen molar-refractivity contribution in [1.29, 1.82) is 0 Å². The lowest BCUT2D eigenvalue weighted by molar-refractivity contribution is -0.384. The van der Waals surface area contributed by atoms with Crippen molar-refractivity contribution in [2.24, 2.45) is 0 Å². The fraction of sp³-hybridized carbons (Fsp3) is 0.391. The lowest BCUT2D eigenvalue weighted by atomic mass is 10.1. The largest absolute Gasteiger partial charge is 0.371 e. The van der Waals surface area contributed by atoms with Crippen LogP contribution < -0.4 is 10.2 Å². The molecule has 0 aliphatic carbocycles. The van der Waals surface area contributed by atoms with Crippen LogP contribution in [0.1, 0.15) is 52.8 Å². The molecule has 2 aromatic carbocycles. The number of nitrogens with one attached hydrogen (secondary N) is 1. The summed E-state index contributed by atoms with van der Waals surface area (Å²) in [6.45, 7) is 3.14. The van der Waals surface area contributed by atoms with E-state index < -0.39 is 10.8 Å². The van der Waals surface area contributed by atoms with Crippen molar-refractivity contribution in [2.75, 3.05) is 36.4 Å². The number of amides is 2. The average Bonchev–Trinajstić information content (AvgIpc) is 3.34. The van der Waals surface area contributed by atoms with Crippen LogP contribution in [0, 0.1) is 10.1 Å². The summed E-state index contributed by atoms with van der Waals surface area (Å²) in [5, 5.41) is 14.1. The number of carbonyl (C=O) groups is 2. The highest BCUT2D eigenvalue weighted by Crippen LogP contribution is 2.29. The normalized spacial score (nSPS) is 16.3. The Morgan fingerprint density at radius 3 is 2.32 bits per heavy atom. The Labute approximate surface area is 181 Å². The average molecular weight is 422 g/mol. The molecule has 2 aromatic rings.